The van der Waals surface area contributed by atoms with E-state index in [0.29, 0.717) is 28.7 Å². The number of non-ortho nitro benzene ring substituents is 1. The average molecular weight is 586 g/mol. The zero-order valence-electron chi connectivity index (χ0n) is 23.6. The minimum Gasteiger partial charge on any atom is -0.493 e. The first kappa shape index (κ1) is 28.9. The molecule has 0 aliphatic heterocycles. The van der Waals surface area contributed by atoms with E-state index in [-0.39, 0.29) is 12.3 Å². The fraction of sp³-hybridized carbons (Fsp3) is 0.258. The molecule has 216 valence electrons. The van der Waals surface area contributed by atoms with Crippen LogP contribution in [0.3, 0.4) is 0 Å². The molecule has 5 rings (SSSR count). The standard InChI is InChI=1S/C31H31N5O5S/c1-20-28-26(39-16-6-15-33-18-24-7-5-14-32-17-24)8-4-9-27(28)41-30(20)29(31-34-21(2)22(3)42-31)35-40-19-23-10-12-25(13-11-23)36(37)38/h4-5,7-14,17,33H,6,15-16,18-19H2,1-3H3. The van der Waals surface area contributed by atoms with Crippen molar-refractivity contribution in [2.24, 2.45) is 5.16 Å². The van der Waals surface area contributed by atoms with E-state index < -0.39 is 4.92 Å². The Morgan fingerprint density at radius 1 is 1.10 bits per heavy atom. The summed E-state index contributed by atoms with van der Waals surface area (Å²) in [5, 5.41) is 20.4. The van der Waals surface area contributed by atoms with Crippen LogP contribution in [-0.2, 0) is 18.0 Å². The molecule has 0 aliphatic rings. The second-order valence-electron chi connectivity index (χ2n) is 9.72. The van der Waals surface area contributed by atoms with Gasteiger partial charge in [-0.05, 0) is 75.2 Å². The molecule has 0 bridgehead atoms. The number of nitrogens with zero attached hydrogens (tertiary/aromatic N) is 4. The lowest BCUT2D eigenvalue weighted by atomic mass is 10.1. The van der Waals surface area contributed by atoms with Crippen LogP contribution in [0.1, 0.15) is 44.5 Å². The Balaban J connectivity index is 1.33. The van der Waals surface area contributed by atoms with Gasteiger partial charge < -0.3 is 19.3 Å². The van der Waals surface area contributed by atoms with E-state index in [9.17, 15) is 10.1 Å². The van der Waals surface area contributed by atoms with Gasteiger partial charge in [0.1, 0.15) is 22.9 Å². The lowest BCUT2D eigenvalue weighted by Crippen LogP contribution is -2.17. The summed E-state index contributed by atoms with van der Waals surface area (Å²) in [6.07, 6.45) is 4.46. The van der Waals surface area contributed by atoms with Gasteiger partial charge in [-0.3, -0.25) is 15.1 Å². The van der Waals surface area contributed by atoms with Gasteiger partial charge in [0, 0.05) is 41.5 Å². The summed E-state index contributed by atoms with van der Waals surface area (Å²) in [6.45, 7) is 8.19. The van der Waals surface area contributed by atoms with Crippen molar-refractivity contribution in [2.75, 3.05) is 13.2 Å². The SMILES string of the molecule is Cc1nc(C(=NOCc2ccc([N+](=O)[O-])cc2)c2oc3cccc(OCCCNCc4cccnc4)c3c2C)sc1C. The van der Waals surface area contributed by atoms with Gasteiger partial charge in [-0.25, -0.2) is 4.98 Å². The average Bonchev–Trinajstić information content (AvgIpc) is 3.51. The number of benzene rings is 2. The number of aryl methyl sites for hydroxylation is 3. The molecule has 0 unspecified atom stereocenters. The van der Waals surface area contributed by atoms with Gasteiger partial charge in [0.2, 0.25) is 0 Å². The van der Waals surface area contributed by atoms with Crippen molar-refractivity contribution in [3.63, 3.8) is 0 Å². The third kappa shape index (κ3) is 6.81. The van der Waals surface area contributed by atoms with Crippen molar-refractivity contribution in [1.82, 2.24) is 15.3 Å². The zero-order chi connectivity index (χ0) is 29.5. The van der Waals surface area contributed by atoms with Crippen LogP contribution in [0.15, 0.2) is 76.6 Å². The van der Waals surface area contributed by atoms with Crippen LogP contribution >= 0.6 is 11.3 Å². The molecule has 42 heavy (non-hydrogen) atoms. The first-order valence-corrected chi connectivity index (χ1v) is 14.3. The summed E-state index contributed by atoms with van der Waals surface area (Å²) in [7, 11) is 0. The second-order valence-corrected chi connectivity index (χ2v) is 10.9. The number of hydrogen-bond donors (Lipinski definition) is 1. The summed E-state index contributed by atoms with van der Waals surface area (Å²) in [5.74, 6) is 1.29. The summed E-state index contributed by atoms with van der Waals surface area (Å²) < 4.78 is 12.5. The first-order valence-electron chi connectivity index (χ1n) is 13.5. The monoisotopic (exact) mass is 585 g/mol. The maximum atomic E-state index is 11.0. The molecule has 0 amide bonds. The largest absolute Gasteiger partial charge is 0.493 e. The van der Waals surface area contributed by atoms with Gasteiger partial charge in [-0.1, -0.05) is 17.3 Å². The molecular weight excluding hydrogens is 554 g/mol. The van der Waals surface area contributed by atoms with Crippen LogP contribution in [0.25, 0.3) is 11.0 Å². The smallest absolute Gasteiger partial charge is 0.269 e. The maximum Gasteiger partial charge on any atom is 0.269 e. The van der Waals surface area contributed by atoms with Gasteiger partial charge in [-0.2, -0.15) is 0 Å². The molecule has 0 aliphatic carbocycles. The third-order valence-electron chi connectivity index (χ3n) is 6.70. The molecule has 0 saturated heterocycles. The van der Waals surface area contributed by atoms with Gasteiger partial charge in [0.05, 0.1) is 22.6 Å². The number of hydrogen-bond acceptors (Lipinski definition) is 10. The highest BCUT2D eigenvalue weighted by Gasteiger charge is 2.24. The van der Waals surface area contributed by atoms with E-state index >= 15 is 0 Å². The molecule has 0 fully saturated rings. The lowest BCUT2D eigenvalue weighted by Gasteiger charge is -2.09. The number of pyridine rings is 1. The Kier molecular flexibility index (Phi) is 9.20. The van der Waals surface area contributed by atoms with Crippen molar-refractivity contribution in [3.8, 4) is 5.75 Å². The second kappa shape index (κ2) is 13.4. The molecule has 0 spiro atoms. The molecule has 11 heteroatoms. The van der Waals surface area contributed by atoms with E-state index in [1.807, 2.05) is 57.3 Å². The minimum atomic E-state index is -0.433. The maximum absolute atomic E-state index is 11.0. The first-order chi connectivity index (χ1) is 20.4. The number of nitro benzene ring substituents is 1. The molecule has 3 heterocycles. The van der Waals surface area contributed by atoms with Crippen molar-refractivity contribution in [3.05, 3.63) is 115 Å². The van der Waals surface area contributed by atoms with Crippen molar-refractivity contribution < 1.29 is 18.9 Å². The number of thiazole rings is 1. The predicted octanol–water partition coefficient (Wildman–Crippen LogP) is 6.65. The molecule has 10 nitrogen and oxygen atoms in total. The summed E-state index contributed by atoms with van der Waals surface area (Å²) >= 11 is 1.51. The van der Waals surface area contributed by atoms with E-state index in [1.54, 1.807) is 18.3 Å². The van der Waals surface area contributed by atoms with Crippen LogP contribution in [0, 0.1) is 30.9 Å². The highest BCUT2D eigenvalue weighted by atomic mass is 32.1. The Bertz CT molecular complexity index is 1680. The number of nitro groups is 1. The van der Waals surface area contributed by atoms with Crippen molar-refractivity contribution in [2.45, 2.75) is 40.3 Å². The van der Waals surface area contributed by atoms with E-state index in [1.165, 1.54) is 23.5 Å². The van der Waals surface area contributed by atoms with Crippen molar-refractivity contribution >= 4 is 33.7 Å². The molecule has 3 aromatic heterocycles. The molecule has 5 aromatic rings. The fourth-order valence-corrected chi connectivity index (χ4v) is 5.26. The number of oxime groups is 1. The number of fused-ring (bicyclic) bond motifs is 1. The van der Waals surface area contributed by atoms with Crippen LogP contribution in [0.4, 0.5) is 5.69 Å². The predicted molar refractivity (Wildman–Crippen MR) is 162 cm³/mol. The number of furan rings is 1. The number of nitrogens with one attached hydrogen (secondary N) is 1. The molecule has 0 saturated carbocycles. The zero-order valence-corrected chi connectivity index (χ0v) is 24.4. The summed E-state index contributed by atoms with van der Waals surface area (Å²) in [6, 6.07) is 15.9. The van der Waals surface area contributed by atoms with E-state index in [0.717, 1.165) is 57.9 Å². The molecule has 0 radical (unpaired) electrons. The number of rotatable bonds is 13. The van der Waals surface area contributed by atoms with Gasteiger partial charge >= 0.3 is 0 Å². The van der Waals surface area contributed by atoms with Crippen LogP contribution in [-0.4, -0.2) is 33.8 Å². The Labute approximate surface area is 247 Å². The Morgan fingerprint density at radius 2 is 1.93 bits per heavy atom. The highest BCUT2D eigenvalue weighted by Crippen LogP contribution is 2.35. The minimum absolute atomic E-state index is 0.0219. The lowest BCUT2D eigenvalue weighted by molar-refractivity contribution is -0.384. The fourth-order valence-electron chi connectivity index (χ4n) is 4.36. The normalized spacial score (nSPS) is 11.6. The Hall–Kier alpha value is -4.61. The van der Waals surface area contributed by atoms with Crippen molar-refractivity contribution in [1.29, 1.82) is 0 Å². The number of ether oxygens (including phenoxy) is 1. The van der Waals surface area contributed by atoms with Gasteiger partial charge in [0.25, 0.3) is 5.69 Å². The molecular formula is C31H31N5O5S. The van der Waals surface area contributed by atoms with Crippen LogP contribution in [0.5, 0.6) is 5.75 Å². The van der Waals surface area contributed by atoms with E-state index in [4.69, 9.17) is 19.0 Å². The Morgan fingerprint density at radius 3 is 2.64 bits per heavy atom. The summed E-state index contributed by atoms with van der Waals surface area (Å²) in [4.78, 5) is 26.2. The summed E-state index contributed by atoms with van der Waals surface area (Å²) in [5.41, 5.74) is 4.87. The van der Waals surface area contributed by atoms with Crippen LogP contribution in [0.2, 0.25) is 0 Å². The molecule has 2 aromatic carbocycles. The van der Waals surface area contributed by atoms with Gasteiger partial charge in [-0.15, -0.1) is 11.3 Å². The molecule has 0 atom stereocenters. The third-order valence-corrected chi connectivity index (χ3v) is 7.78. The van der Waals surface area contributed by atoms with Crippen LogP contribution < -0.4 is 10.1 Å². The van der Waals surface area contributed by atoms with Gasteiger partial charge in [0.15, 0.2) is 11.5 Å². The molecule has 1 N–H and O–H groups in total. The topological polar surface area (TPSA) is 125 Å². The number of aromatic nitrogens is 2. The quantitative estimate of drug-likeness (QED) is 0.0705. The highest BCUT2D eigenvalue weighted by molar-refractivity contribution is 7.14. The van der Waals surface area contributed by atoms with E-state index in [2.05, 4.69) is 15.5 Å².